The van der Waals surface area contributed by atoms with Gasteiger partial charge in [0.2, 0.25) is 5.91 Å². The summed E-state index contributed by atoms with van der Waals surface area (Å²) in [5.41, 5.74) is 1.41. The highest BCUT2D eigenvalue weighted by molar-refractivity contribution is 9.11. The Hall–Kier alpha value is -0.830. The van der Waals surface area contributed by atoms with Gasteiger partial charge in [0.15, 0.2) is 0 Å². The number of unbranched alkanes of at least 4 members (excludes halogenated alkanes) is 10. The molecule has 0 radical (unpaired) electrons. The summed E-state index contributed by atoms with van der Waals surface area (Å²) in [6.45, 7) is 15.1. The van der Waals surface area contributed by atoms with Gasteiger partial charge in [0, 0.05) is 13.1 Å². The fourth-order valence-electron chi connectivity index (χ4n) is 4.01. The molecule has 0 N–H and O–H groups in total. The van der Waals surface area contributed by atoms with E-state index >= 15 is 0 Å². The van der Waals surface area contributed by atoms with E-state index in [1.807, 2.05) is 6.08 Å². The third kappa shape index (κ3) is 20.5. The molecule has 0 atom stereocenters. The highest BCUT2D eigenvalue weighted by Gasteiger charge is 2.15. The van der Waals surface area contributed by atoms with Crippen molar-refractivity contribution in [2.75, 3.05) is 13.1 Å². The van der Waals surface area contributed by atoms with Crippen molar-refractivity contribution in [2.24, 2.45) is 5.41 Å². The largest absolute Gasteiger partial charge is 0.339 e. The minimum absolute atomic E-state index is 0.00985. The van der Waals surface area contributed by atoms with Crippen molar-refractivity contribution in [1.82, 2.24) is 4.90 Å². The molecule has 198 valence electrons. The van der Waals surface area contributed by atoms with Crippen molar-refractivity contribution in [1.29, 1.82) is 0 Å². The van der Waals surface area contributed by atoms with Gasteiger partial charge in [-0.25, -0.2) is 0 Å². The molecule has 0 aromatic carbocycles. The molecule has 34 heavy (non-hydrogen) atoms. The highest BCUT2D eigenvalue weighted by Crippen LogP contribution is 2.25. The van der Waals surface area contributed by atoms with Crippen LogP contribution in [0.1, 0.15) is 138 Å². The molecule has 0 spiro atoms. The van der Waals surface area contributed by atoms with Crippen LogP contribution in [0.5, 0.6) is 0 Å². The van der Waals surface area contributed by atoms with Crippen LogP contribution in [0.4, 0.5) is 0 Å². The SMILES string of the molecule is CCCCCCCCN(CCCCCCCC)C(=O)/C=C/C(C)(C)C/C=C(\C)CC/C=C(\C)Br. The van der Waals surface area contributed by atoms with E-state index in [1.165, 1.54) is 74.3 Å². The molecule has 0 saturated carbocycles. The van der Waals surface area contributed by atoms with Crippen LogP contribution < -0.4 is 0 Å². The van der Waals surface area contributed by atoms with Crippen LogP contribution in [0, 0.1) is 5.41 Å². The first-order valence-corrected chi connectivity index (χ1v) is 15.0. The lowest BCUT2D eigenvalue weighted by Crippen LogP contribution is -2.32. The van der Waals surface area contributed by atoms with Gasteiger partial charge in [0.25, 0.3) is 0 Å². The van der Waals surface area contributed by atoms with Crippen molar-refractivity contribution >= 4 is 21.8 Å². The van der Waals surface area contributed by atoms with E-state index in [0.29, 0.717) is 0 Å². The fourth-order valence-corrected chi connectivity index (χ4v) is 4.24. The van der Waals surface area contributed by atoms with E-state index in [4.69, 9.17) is 0 Å². The summed E-state index contributed by atoms with van der Waals surface area (Å²) in [4.78, 5) is 15.2. The van der Waals surface area contributed by atoms with Crippen LogP contribution in [0.25, 0.3) is 0 Å². The minimum atomic E-state index is -0.00985. The van der Waals surface area contributed by atoms with Crippen molar-refractivity contribution in [3.63, 3.8) is 0 Å². The van der Waals surface area contributed by atoms with Gasteiger partial charge in [-0.1, -0.05) is 132 Å². The van der Waals surface area contributed by atoms with Crippen LogP contribution in [-0.4, -0.2) is 23.9 Å². The number of allylic oxidation sites excluding steroid dienone is 5. The first-order chi connectivity index (χ1) is 16.2. The number of hydrogen-bond acceptors (Lipinski definition) is 1. The van der Waals surface area contributed by atoms with E-state index in [2.05, 4.69) is 80.6 Å². The number of halogens is 1. The zero-order valence-corrected chi connectivity index (χ0v) is 25.1. The van der Waals surface area contributed by atoms with E-state index < -0.39 is 0 Å². The summed E-state index contributed by atoms with van der Waals surface area (Å²) in [6, 6.07) is 0. The van der Waals surface area contributed by atoms with Gasteiger partial charge in [-0.2, -0.15) is 0 Å². The van der Waals surface area contributed by atoms with Gasteiger partial charge in [0.05, 0.1) is 0 Å². The van der Waals surface area contributed by atoms with Gasteiger partial charge in [-0.05, 0) is 61.9 Å². The topological polar surface area (TPSA) is 20.3 Å². The number of rotatable bonds is 21. The van der Waals surface area contributed by atoms with E-state index in [9.17, 15) is 4.79 Å². The van der Waals surface area contributed by atoms with Gasteiger partial charge >= 0.3 is 0 Å². The lowest BCUT2D eigenvalue weighted by Gasteiger charge is -2.23. The highest BCUT2D eigenvalue weighted by atomic mass is 79.9. The second-order valence-electron chi connectivity index (χ2n) is 10.8. The predicted molar refractivity (Wildman–Crippen MR) is 157 cm³/mol. The number of nitrogens with zero attached hydrogens (tertiary/aromatic N) is 1. The normalized spacial score (nSPS) is 13.1. The van der Waals surface area contributed by atoms with Crippen LogP contribution in [0.15, 0.2) is 34.4 Å². The summed E-state index contributed by atoms with van der Waals surface area (Å²) >= 11 is 3.50. The molecule has 0 fully saturated rings. The fraction of sp³-hybridized carbons (Fsp3) is 0.774. The number of carbonyl (C=O) groups excluding carboxylic acids is 1. The second kappa shape index (κ2) is 21.5. The molecule has 0 heterocycles. The van der Waals surface area contributed by atoms with E-state index in [0.717, 1.165) is 45.2 Å². The Balaban J connectivity index is 4.75. The lowest BCUT2D eigenvalue weighted by molar-refractivity contribution is -0.126. The summed E-state index contributed by atoms with van der Waals surface area (Å²) in [7, 11) is 0. The molecule has 0 aliphatic heterocycles. The Kier molecular flexibility index (Phi) is 20.9. The molecular weight excluding hydrogens is 482 g/mol. The third-order valence-corrected chi connectivity index (χ3v) is 6.82. The van der Waals surface area contributed by atoms with Crippen LogP contribution in [0.2, 0.25) is 0 Å². The third-order valence-electron chi connectivity index (χ3n) is 6.49. The first-order valence-electron chi connectivity index (χ1n) is 14.2. The first kappa shape index (κ1) is 33.2. The Morgan fingerprint density at radius 1 is 0.794 bits per heavy atom. The predicted octanol–water partition coefficient (Wildman–Crippen LogP) is 10.5. The molecule has 3 heteroatoms. The maximum Gasteiger partial charge on any atom is 0.246 e. The number of carbonyl (C=O) groups is 1. The molecule has 0 bridgehead atoms. The van der Waals surface area contributed by atoms with Gasteiger partial charge in [-0.15, -0.1) is 0 Å². The van der Waals surface area contributed by atoms with Crippen molar-refractivity contribution in [3.8, 4) is 0 Å². The average molecular weight is 539 g/mol. The summed E-state index contributed by atoms with van der Waals surface area (Å²) in [6.07, 6.45) is 26.9. The second-order valence-corrected chi connectivity index (χ2v) is 12.0. The molecule has 2 nitrogen and oxygen atoms in total. The standard InChI is InChI=1S/C31H56BrNO/c1-7-9-11-13-15-17-26-33(27-18-16-14-12-10-8-2)30(34)23-25-31(5,6)24-22-28(3)20-19-21-29(4)32/h21-23,25H,7-20,24,26-27H2,1-6H3/b25-23+,28-22+,29-21+. The quantitative estimate of drug-likeness (QED) is 0.0808. The lowest BCUT2D eigenvalue weighted by atomic mass is 9.87. The molecule has 0 aliphatic rings. The molecule has 1 amide bonds. The summed E-state index contributed by atoms with van der Waals surface area (Å²) < 4.78 is 1.20. The monoisotopic (exact) mass is 537 g/mol. The molecule has 0 aromatic rings. The van der Waals surface area contributed by atoms with E-state index in [1.54, 1.807) is 0 Å². The zero-order valence-electron chi connectivity index (χ0n) is 23.6. The maximum atomic E-state index is 13.1. The Morgan fingerprint density at radius 3 is 1.79 bits per heavy atom. The van der Waals surface area contributed by atoms with Crippen molar-refractivity contribution < 1.29 is 4.79 Å². The summed E-state index contributed by atoms with van der Waals surface area (Å²) in [5, 5.41) is 0. The zero-order chi connectivity index (χ0) is 25.7. The molecule has 0 rings (SSSR count). The molecule has 0 aromatic heterocycles. The number of amides is 1. The van der Waals surface area contributed by atoms with Gasteiger partial charge < -0.3 is 4.90 Å². The Morgan fingerprint density at radius 2 is 1.29 bits per heavy atom. The Labute approximate surface area is 221 Å². The minimum Gasteiger partial charge on any atom is -0.339 e. The van der Waals surface area contributed by atoms with Gasteiger partial charge in [-0.3, -0.25) is 4.79 Å². The van der Waals surface area contributed by atoms with E-state index in [-0.39, 0.29) is 11.3 Å². The van der Waals surface area contributed by atoms with Gasteiger partial charge in [0.1, 0.15) is 0 Å². The molecule has 0 unspecified atom stereocenters. The van der Waals surface area contributed by atoms with Crippen LogP contribution >= 0.6 is 15.9 Å². The molecule has 0 aliphatic carbocycles. The van der Waals surface area contributed by atoms with Crippen LogP contribution in [-0.2, 0) is 4.79 Å². The maximum absolute atomic E-state index is 13.1. The van der Waals surface area contributed by atoms with Crippen molar-refractivity contribution in [2.45, 2.75) is 138 Å². The molecular formula is C31H56BrNO. The smallest absolute Gasteiger partial charge is 0.246 e. The summed E-state index contributed by atoms with van der Waals surface area (Å²) in [5.74, 6) is 0.203. The van der Waals surface area contributed by atoms with Crippen LogP contribution in [0.3, 0.4) is 0 Å². The average Bonchev–Trinajstić information content (AvgIpc) is 2.79. The Bertz CT molecular complexity index is 583. The number of hydrogen-bond donors (Lipinski definition) is 0. The molecule has 0 saturated heterocycles. The van der Waals surface area contributed by atoms with Crippen molar-refractivity contribution in [3.05, 3.63) is 34.4 Å².